The van der Waals surface area contributed by atoms with Gasteiger partial charge in [0.05, 0.1) is 10.7 Å². The molecule has 1 atom stereocenters. The minimum atomic E-state index is 0.106. The van der Waals surface area contributed by atoms with Crippen LogP contribution in [0.4, 0.5) is 0 Å². The normalized spacial score (nSPS) is 26.8. The summed E-state index contributed by atoms with van der Waals surface area (Å²) in [6, 6.07) is 0. The van der Waals surface area contributed by atoms with E-state index in [0.717, 1.165) is 50.6 Å². The first kappa shape index (κ1) is 17.6. The second-order valence-corrected chi connectivity index (χ2v) is 8.16. The second-order valence-electron chi connectivity index (χ2n) is 7.09. The van der Waals surface area contributed by atoms with Crippen molar-refractivity contribution < 1.29 is 4.79 Å². The predicted molar refractivity (Wildman–Crippen MR) is 98.1 cm³/mol. The molecule has 1 spiro atoms. The Morgan fingerprint density at radius 2 is 2.21 bits per heavy atom. The molecule has 0 bridgehead atoms. The highest BCUT2D eigenvalue weighted by molar-refractivity contribution is 7.09. The van der Waals surface area contributed by atoms with E-state index in [1.807, 2.05) is 11.0 Å². The quantitative estimate of drug-likeness (QED) is 0.782. The van der Waals surface area contributed by atoms with Gasteiger partial charge in [0.1, 0.15) is 0 Å². The van der Waals surface area contributed by atoms with E-state index in [-0.39, 0.29) is 11.4 Å². The fraction of sp³-hybridized carbons (Fsp3) is 0.667. The first-order valence-corrected chi connectivity index (χ1v) is 9.64. The van der Waals surface area contributed by atoms with Gasteiger partial charge in [-0.15, -0.1) is 17.9 Å². The highest BCUT2D eigenvalue weighted by Crippen LogP contribution is 2.32. The van der Waals surface area contributed by atoms with Gasteiger partial charge in [-0.1, -0.05) is 6.08 Å². The number of likely N-dealkylation sites (tertiary alicyclic amines) is 1. The fourth-order valence-electron chi connectivity index (χ4n) is 3.97. The third-order valence-electron chi connectivity index (χ3n) is 5.48. The molecule has 2 aliphatic rings. The number of nitrogens with zero attached hydrogens (tertiary/aromatic N) is 4. The van der Waals surface area contributed by atoms with Crippen molar-refractivity contribution in [2.24, 2.45) is 0 Å². The summed E-state index contributed by atoms with van der Waals surface area (Å²) in [4.78, 5) is 23.9. The van der Waals surface area contributed by atoms with Crippen LogP contribution in [0.25, 0.3) is 0 Å². The van der Waals surface area contributed by atoms with Crippen molar-refractivity contribution >= 4 is 17.2 Å². The maximum atomic E-state index is 12.3. The van der Waals surface area contributed by atoms with E-state index in [1.165, 1.54) is 5.69 Å². The van der Waals surface area contributed by atoms with Gasteiger partial charge < -0.3 is 4.90 Å². The molecule has 0 aliphatic carbocycles. The molecular weight excluding hydrogens is 320 g/mol. The SMILES string of the molecule is C=CCN1CC[C@@]2(CCC1=O)CN(Cc1csc(C)n1)CCN2C. The van der Waals surface area contributed by atoms with E-state index in [1.54, 1.807) is 11.3 Å². The van der Waals surface area contributed by atoms with Crippen LogP contribution in [0.2, 0.25) is 0 Å². The third kappa shape index (κ3) is 3.71. The Labute approximate surface area is 149 Å². The number of aryl methyl sites for hydroxylation is 1. The maximum Gasteiger partial charge on any atom is 0.222 e. The number of thiazole rings is 1. The first-order valence-electron chi connectivity index (χ1n) is 8.76. The molecule has 3 heterocycles. The number of carbonyl (C=O) groups excluding carboxylic acids is 1. The van der Waals surface area contributed by atoms with Crippen LogP contribution < -0.4 is 0 Å². The molecule has 2 fully saturated rings. The molecule has 0 radical (unpaired) electrons. The van der Waals surface area contributed by atoms with E-state index in [4.69, 9.17) is 0 Å². The Hall–Kier alpha value is -1.24. The lowest BCUT2D eigenvalue weighted by Crippen LogP contribution is -2.60. The zero-order chi connectivity index (χ0) is 17.2. The van der Waals surface area contributed by atoms with Gasteiger partial charge in [0.2, 0.25) is 5.91 Å². The molecule has 1 aromatic rings. The fourth-order valence-corrected chi connectivity index (χ4v) is 4.57. The van der Waals surface area contributed by atoms with Crippen LogP contribution in [-0.4, -0.2) is 70.9 Å². The Balaban J connectivity index is 1.70. The number of carbonyl (C=O) groups is 1. The van der Waals surface area contributed by atoms with Gasteiger partial charge in [0.25, 0.3) is 0 Å². The predicted octanol–water partition coefficient (Wildman–Crippen LogP) is 2.14. The largest absolute Gasteiger partial charge is 0.339 e. The Morgan fingerprint density at radius 1 is 1.38 bits per heavy atom. The molecule has 1 aromatic heterocycles. The smallest absolute Gasteiger partial charge is 0.222 e. The molecule has 3 rings (SSSR count). The van der Waals surface area contributed by atoms with Gasteiger partial charge in [-0.05, 0) is 26.8 Å². The van der Waals surface area contributed by atoms with E-state index in [2.05, 4.69) is 40.7 Å². The van der Waals surface area contributed by atoms with E-state index in [0.29, 0.717) is 13.0 Å². The third-order valence-corrected chi connectivity index (χ3v) is 6.31. The van der Waals surface area contributed by atoms with Gasteiger partial charge in [-0.2, -0.15) is 0 Å². The average Bonchev–Trinajstić information content (AvgIpc) is 2.90. The highest BCUT2D eigenvalue weighted by atomic mass is 32.1. The van der Waals surface area contributed by atoms with Crippen molar-refractivity contribution in [1.82, 2.24) is 19.7 Å². The van der Waals surface area contributed by atoms with Crippen LogP contribution in [0.1, 0.15) is 30.0 Å². The average molecular weight is 349 g/mol. The van der Waals surface area contributed by atoms with Crippen LogP contribution in [0.15, 0.2) is 18.0 Å². The topological polar surface area (TPSA) is 39.7 Å². The lowest BCUT2D eigenvalue weighted by molar-refractivity contribution is -0.130. The minimum Gasteiger partial charge on any atom is -0.339 e. The zero-order valence-electron chi connectivity index (χ0n) is 14.8. The molecule has 0 N–H and O–H groups in total. The Kier molecular flexibility index (Phi) is 5.37. The highest BCUT2D eigenvalue weighted by Gasteiger charge is 2.42. The number of likely N-dealkylation sites (N-methyl/N-ethyl adjacent to an activating group) is 1. The number of hydrogen-bond donors (Lipinski definition) is 0. The molecule has 0 aromatic carbocycles. The van der Waals surface area contributed by atoms with Crippen molar-refractivity contribution in [1.29, 1.82) is 0 Å². The molecule has 6 heteroatoms. The Morgan fingerprint density at radius 3 is 2.92 bits per heavy atom. The number of amides is 1. The minimum absolute atomic E-state index is 0.106. The van der Waals surface area contributed by atoms with Crippen molar-refractivity contribution in [2.75, 3.05) is 39.8 Å². The van der Waals surface area contributed by atoms with Gasteiger partial charge in [-0.3, -0.25) is 14.6 Å². The van der Waals surface area contributed by atoms with E-state index < -0.39 is 0 Å². The van der Waals surface area contributed by atoms with Crippen LogP contribution in [0.3, 0.4) is 0 Å². The molecule has 2 aliphatic heterocycles. The second kappa shape index (κ2) is 7.33. The number of hydrogen-bond acceptors (Lipinski definition) is 5. The molecule has 2 saturated heterocycles. The van der Waals surface area contributed by atoms with Crippen LogP contribution >= 0.6 is 11.3 Å². The summed E-state index contributed by atoms with van der Waals surface area (Å²) in [7, 11) is 2.22. The maximum absolute atomic E-state index is 12.3. The number of rotatable bonds is 4. The van der Waals surface area contributed by atoms with Gasteiger partial charge in [0, 0.05) is 56.6 Å². The molecule has 1 amide bonds. The summed E-state index contributed by atoms with van der Waals surface area (Å²) in [5.41, 5.74) is 1.28. The summed E-state index contributed by atoms with van der Waals surface area (Å²) < 4.78 is 0. The molecule has 0 unspecified atom stereocenters. The lowest BCUT2D eigenvalue weighted by Gasteiger charge is -2.49. The first-order chi connectivity index (χ1) is 11.5. The summed E-state index contributed by atoms with van der Waals surface area (Å²) >= 11 is 1.72. The van der Waals surface area contributed by atoms with Crippen molar-refractivity contribution in [3.63, 3.8) is 0 Å². The summed E-state index contributed by atoms with van der Waals surface area (Å²) in [5, 5.41) is 3.30. The van der Waals surface area contributed by atoms with Crippen LogP contribution in [0.5, 0.6) is 0 Å². The molecule has 24 heavy (non-hydrogen) atoms. The van der Waals surface area contributed by atoms with Crippen molar-refractivity contribution in [3.8, 4) is 0 Å². The van der Waals surface area contributed by atoms with E-state index >= 15 is 0 Å². The van der Waals surface area contributed by atoms with Crippen molar-refractivity contribution in [2.45, 2.75) is 38.3 Å². The summed E-state index contributed by atoms with van der Waals surface area (Å²) in [6.45, 7) is 11.4. The van der Waals surface area contributed by atoms with Gasteiger partial charge in [0.15, 0.2) is 0 Å². The standard InChI is InChI=1S/C18H28N4OS/c1-4-8-22-9-7-18(6-5-17(22)23)14-21(11-10-20(18)3)12-16-13-24-15(2)19-16/h4,13H,1,5-12,14H2,2-3H3/t18-/m0/s1. The molecular formula is C18H28N4OS. The molecule has 132 valence electrons. The monoisotopic (exact) mass is 348 g/mol. The van der Waals surface area contributed by atoms with Crippen molar-refractivity contribution in [3.05, 3.63) is 28.7 Å². The molecule has 0 saturated carbocycles. The summed E-state index contributed by atoms with van der Waals surface area (Å²) in [5.74, 6) is 0.271. The lowest BCUT2D eigenvalue weighted by atomic mass is 9.86. The van der Waals surface area contributed by atoms with Crippen LogP contribution in [0, 0.1) is 6.92 Å². The van der Waals surface area contributed by atoms with Crippen LogP contribution in [-0.2, 0) is 11.3 Å². The summed E-state index contributed by atoms with van der Waals surface area (Å²) in [6.07, 6.45) is 4.46. The zero-order valence-corrected chi connectivity index (χ0v) is 15.6. The van der Waals surface area contributed by atoms with Gasteiger partial charge >= 0.3 is 0 Å². The van der Waals surface area contributed by atoms with Gasteiger partial charge in [-0.25, -0.2) is 4.98 Å². The Bertz CT molecular complexity index is 602. The number of piperazine rings is 1. The van der Waals surface area contributed by atoms with E-state index in [9.17, 15) is 4.79 Å². The number of aromatic nitrogens is 1. The molecule has 5 nitrogen and oxygen atoms in total.